The molecular formula is C75H141N7O38S6. The molecule has 6 aliphatic heterocycles. The highest BCUT2D eigenvalue weighted by atomic mass is 33.1. The molecule has 0 saturated carbocycles. The van der Waals surface area contributed by atoms with Gasteiger partial charge in [-0.25, -0.2) is 0 Å². The maximum absolute atomic E-state index is 13.3. The van der Waals surface area contributed by atoms with Crippen LogP contribution in [-0.2, 0) is 85.6 Å². The number of nitrogens with one attached hydrogen (secondary N) is 6. The van der Waals surface area contributed by atoms with Crippen LogP contribution in [0.15, 0.2) is 0 Å². The third-order valence-electron chi connectivity index (χ3n) is 20.4. The maximum Gasteiger partial charge on any atom is 0.234 e. The van der Waals surface area contributed by atoms with Gasteiger partial charge in [0.2, 0.25) is 35.4 Å². The molecular weight excluding hydrogens is 1800 g/mol. The molecule has 740 valence electrons. The van der Waals surface area contributed by atoms with Gasteiger partial charge in [-0.3, -0.25) is 33.7 Å². The number of nitrogens with zero attached hydrogens (tertiary/aromatic N) is 1. The Morgan fingerprint density at radius 1 is 0.278 bits per heavy atom. The van der Waals surface area contributed by atoms with Crippen LogP contribution in [0.1, 0.15) is 103 Å². The lowest BCUT2D eigenvalue weighted by Gasteiger charge is -2.46. The van der Waals surface area contributed by atoms with Crippen molar-refractivity contribution in [3.05, 3.63) is 0 Å². The molecule has 0 spiro atoms. The summed E-state index contributed by atoms with van der Waals surface area (Å²) in [6, 6.07) is 0. The molecule has 6 saturated heterocycles. The van der Waals surface area contributed by atoms with Gasteiger partial charge in [0.15, 0.2) is 37.7 Å². The topological polar surface area (TPSA) is 693 Å². The van der Waals surface area contributed by atoms with E-state index in [4.69, 9.17) is 56.8 Å². The second-order valence-electron chi connectivity index (χ2n) is 29.8. The van der Waals surface area contributed by atoms with Gasteiger partial charge in [0.25, 0.3) is 0 Å². The third-order valence-corrected chi connectivity index (χ3v) is 24.4. The third kappa shape index (κ3) is 41.8. The minimum absolute atomic E-state index is 0.0277. The summed E-state index contributed by atoms with van der Waals surface area (Å²) >= 11 is 0. The molecule has 0 radical (unpaired) electrons. The van der Waals surface area contributed by atoms with Crippen LogP contribution >= 0.6 is 64.8 Å². The first-order chi connectivity index (χ1) is 60.2. The Morgan fingerprint density at radius 3 is 0.802 bits per heavy atom. The van der Waals surface area contributed by atoms with Gasteiger partial charge in [-0.1, -0.05) is 104 Å². The van der Waals surface area contributed by atoms with Gasteiger partial charge in [-0.2, -0.15) is 0 Å². The van der Waals surface area contributed by atoms with Gasteiger partial charge < -0.3 is 191 Å². The zero-order valence-corrected chi connectivity index (χ0v) is 77.0. The Bertz CT molecular complexity index is 2760. The first-order valence-electron chi connectivity index (χ1n) is 41.8. The van der Waals surface area contributed by atoms with E-state index in [0.717, 1.165) is 19.3 Å². The average molecular weight is 1940 g/mol. The summed E-state index contributed by atoms with van der Waals surface area (Å²) in [4.78, 5) is 79.1. The van der Waals surface area contributed by atoms with Crippen molar-refractivity contribution in [2.24, 2.45) is 0 Å². The number of unbranched alkanes of at least 4 members (excludes halogenated alkanes) is 8. The molecule has 6 heterocycles. The van der Waals surface area contributed by atoms with E-state index in [-0.39, 0.29) is 84.3 Å². The smallest absolute Gasteiger partial charge is 0.234 e. The number of aliphatic hydroxyl groups excluding tert-OH is 20. The van der Waals surface area contributed by atoms with Crippen molar-refractivity contribution in [3.8, 4) is 0 Å². The summed E-state index contributed by atoms with van der Waals surface area (Å²) in [6.07, 6.45) is -32.4. The lowest BCUT2D eigenvalue weighted by atomic mass is 9.96. The Balaban J connectivity index is 0.00000320. The minimum Gasteiger partial charge on any atom is -0.394 e. The first-order valence-corrected chi connectivity index (χ1v) is 50.7. The van der Waals surface area contributed by atoms with Gasteiger partial charge in [-0.15, -0.1) is 0 Å². The van der Waals surface area contributed by atoms with Crippen LogP contribution in [0.2, 0.25) is 0 Å². The van der Waals surface area contributed by atoms with Crippen LogP contribution in [-0.4, -0.2) is 476 Å². The van der Waals surface area contributed by atoms with E-state index in [2.05, 4.69) is 76.4 Å². The fourth-order valence-electron chi connectivity index (χ4n) is 13.1. The van der Waals surface area contributed by atoms with Crippen molar-refractivity contribution in [1.29, 1.82) is 0 Å². The molecule has 30 atom stereocenters. The van der Waals surface area contributed by atoms with Crippen molar-refractivity contribution < 1.29 is 188 Å². The molecule has 0 aromatic carbocycles. The summed E-state index contributed by atoms with van der Waals surface area (Å²) in [7, 11) is 10.6. The van der Waals surface area contributed by atoms with Gasteiger partial charge in [0, 0.05) is 58.5 Å². The zero-order chi connectivity index (χ0) is 94.0. The molecule has 26 N–H and O–H groups in total. The zero-order valence-electron chi connectivity index (χ0n) is 72.1. The quantitative estimate of drug-likeness (QED) is 0.0199. The lowest BCUT2D eigenvalue weighted by molar-refractivity contribution is -0.366. The summed E-state index contributed by atoms with van der Waals surface area (Å²) in [6.45, 7) is -3.34. The molecule has 0 bridgehead atoms. The van der Waals surface area contributed by atoms with E-state index in [1.807, 2.05) is 0 Å². The highest BCUT2D eigenvalue weighted by molar-refractivity contribution is 8.76. The normalized spacial score (nSPS) is 33.2. The number of ether oxygens (including phenoxy) is 12. The number of rotatable bonds is 53. The van der Waals surface area contributed by atoms with Crippen LogP contribution in [0.4, 0.5) is 0 Å². The highest BCUT2D eigenvalue weighted by Gasteiger charge is 2.55. The Kier molecular flexibility index (Phi) is 62.5. The largest absolute Gasteiger partial charge is 0.394 e. The fraction of sp³-hybridized carbons (Fsp3) is 0.920. The number of amides is 6. The van der Waals surface area contributed by atoms with Crippen molar-refractivity contribution in [3.63, 3.8) is 0 Å². The van der Waals surface area contributed by atoms with Crippen LogP contribution in [0.3, 0.4) is 0 Å². The summed E-state index contributed by atoms with van der Waals surface area (Å²) < 4.78 is 67.1. The van der Waals surface area contributed by atoms with Gasteiger partial charge in [0.05, 0.1) is 72.5 Å². The molecule has 126 heavy (non-hydrogen) atoms. The molecule has 0 unspecified atom stereocenters. The van der Waals surface area contributed by atoms with Crippen molar-refractivity contribution in [2.75, 3.05) is 149 Å². The summed E-state index contributed by atoms with van der Waals surface area (Å²) in [5, 5.41) is 225. The molecule has 51 heteroatoms. The van der Waals surface area contributed by atoms with E-state index in [0.29, 0.717) is 70.8 Å². The minimum atomic E-state index is -1.97. The summed E-state index contributed by atoms with van der Waals surface area (Å²) in [5.41, 5.74) is 0. The molecule has 6 fully saturated rings. The molecule has 6 rings (SSSR count). The fourth-order valence-corrected chi connectivity index (χ4v) is 13.1. The van der Waals surface area contributed by atoms with E-state index < -0.39 is 253 Å². The Hall–Kier alpha value is -2.40. The standard InChI is InChI=1S/C69H123N7O38.3C2H6S2/c1-2-3-10-17-70-40(81)14-7-4-11-18-71-43(84)25-76(26-44(85)72-19-12-5-8-15-41(82)74-21-23-103-66-60(101)62(113-68-58(99)54(95)48(89)36(30-79)109-68)50(91)38(111-66)32-105-64-56(97)52(93)46(87)34(28-77)107-64)27-45(86)73-20-13-6-9-16-42(83)75-22-24-104-67-61(102)63(114-69-59(100)55(96)49(90)37(31-80)110-69)51(92)39(112-67)33-106-65-57(98)53(94)47(88)35(29-78)108-65;3*1-3-4-2/h34-39,46-69,77-80,87-102H,2-33H2,1H3,(H,70,81)(H,71,84)(H,72,85)(H,73,86)(H,74,82)(H,75,83);3*1-2H3/t34-,35-,36-,37-,38-,39-,46-,47-,48-,49-,50-,51-,52+,53+,54+,55+,56+,57+,58+,59+,60+,61+,62+,63+,64+,65+,66+,67+,68-,69-;;;/m1.../s1. The van der Waals surface area contributed by atoms with Crippen LogP contribution in [0.25, 0.3) is 0 Å². The lowest BCUT2D eigenvalue weighted by Crippen LogP contribution is -2.65. The van der Waals surface area contributed by atoms with E-state index in [9.17, 15) is 131 Å². The van der Waals surface area contributed by atoms with E-state index in [1.54, 1.807) is 64.8 Å². The van der Waals surface area contributed by atoms with Gasteiger partial charge in [0.1, 0.15) is 146 Å². The predicted octanol–water partition coefficient (Wildman–Crippen LogP) is -8.33. The van der Waals surface area contributed by atoms with Crippen molar-refractivity contribution in [2.45, 2.75) is 287 Å². The number of hydrogen-bond acceptors (Lipinski definition) is 45. The number of hydrogen-bond donors (Lipinski definition) is 26. The Morgan fingerprint density at radius 2 is 0.524 bits per heavy atom. The second kappa shape index (κ2) is 66.9. The molecule has 0 aromatic rings. The second-order valence-corrected chi connectivity index (χ2v) is 37.8. The van der Waals surface area contributed by atoms with Crippen molar-refractivity contribution >= 4 is 100 Å². The van der Waals surface area contributed by atoms with Gasteiger partial charge in [-0.05, 0) is 82.5 Å². The number of carbonyl (C=O) groups is 6. The van der Waals surface area contributed by atoms with Gasteiger partial charge >= 0.3 is 0 Å². The Labute approximate surface area is 757 Å². The van der Waals surface area contributed by atoms with E-state index in [1.165, 1.54) is 4.90 Å². The van der Waals surface area contributed by atoms with Crippen LogP contribution in [0, 0.1) is 0 Å². The van der Waals surface area contributed by atoms with Crippen LogP contribution < -0.4 is 31.9 Å². The highest BCUT2D eigenvalue weighted by Crippen LogP contribution is 2.34. The molecule has 6 amide bonds. The average Bonchev–Trinajstić information content (AvgIpc) is 0.777. The summed E-state index contributed by atoms with van der Waals surface area (Å²) in [5.74, 6) is -2.35. The van der Waals surface area contributed by atoms with Crippen molar-refractivity contribution in [1.82, 2.24) is 36.8 Å². The SMILES string of the molecule is CCCCCNC(=O)CCCCCNC(=O)CN(CC(=O)NCCCCCC(=O)NCCO[C@H]1O[C@H](CO[C@H]2O[C@H](CO)[C@@H](O)[C@H](O)[C@@H]2O)[C@@H](O)[C@H](O[C@H]2O[C@H](CO)[C@@H](O)[C@H](O)[C@@H]2O)[C@@H]1O)CC(=O)NCCCCCC(=O)NCCO[C@H]1O[C@H](CO[C@H]2O[C@H](CO)[C@@H](O)[C@H](O)[C@@H]2O)[C@@H](O)[C@H](O[C@H]2O[C@H](CO)[C@@H](O)[C@H](O)[C@@H]2O)[C@@H]1O.CSSC.CSSC.CSSC. The first kappa shape index (κ1) is 118. The molecule has 45 nitrogen and oxygen atoms in total. The maximum atomic E-state index is 13.3. The van der Waals surface area contributed by atoms with Crippen LogP contribution in [0.5, 0.6) is 0 Å². The predicted molar refractivity (Wildman–Crippen MR) is 460 cm³/mol. The molecule has 0 aromatic heterocycles. The van der Waals surface area contributed by atoms with E-state index >= 15 is 0 Å². The number of aliphatic hydroxyl groups is 20. The number of carbonyl (C=O) groups excluding carboxylic acids is 6. The monoisotopic (exact) mass is 1940 g/mol. The molecule has 6 aliphatic rings. The molecule has 0 aliphatic carbocycles.